The molecule has 1 aliphatic rings. The molecule has 2 rings (SSSR count). The molecule has 1 amide bonds. The van der Waals surface area contributed by atoms with E-state index in [1.54, 1.807) is 0 Å². The molecule has 21 heavy (non-hydrogen) atoms. The second kappa shape index (κ2) is 8.10. The van der Waals surface area contributed by atoms with Gasteiger partial charge in [0.2, 0.25) is 5.91 Å². The molecule has 1 aromatic heterocycles. The van der Waals surface area contributed by atoms with Crippen LogP contribution >= 0.6 is 0 Å². The van der Waals surface area contributed by atoms with Crippen molar-refractivity contribution in [2.75, 3.05) is 32.7 Å². The number of nitrogens with zero attached hydrogens (tertiary/aromatic N) is 3. The van der Waals surface area contributed by atoms with Crippen LogP contribution in [-0.4, -0.2) is 53.4 Å². The number of carbonyl (C=O) groups excluding carboxylic acids is 1. The first-order valence-corrected chi connectivity index (χ1v) is 7.85. The maximum absolute atomic E-state index is 12.4. The molecule has 116 valence electrons. The molecule has 0 bridgehead atoms. The molecule has 1 unspecified atom stereocenters. The van der Waals surface area contributed by atoms with E-state index in [9.17, 15) is 4.79 Å². The summed E-state index contributed by atoms with van der Waals surface area (Å²) in [5, 5.41) is 0. The van der Waals surface area contributed by atoms with Crippen molar-refractivity contribution in [3.63, 3.8) is 0 Å². The van der Waals surface area contributed by atoms with Crippen molar-refractivity contribution < 1.29 is 4.79 Å². The molecule has 0 aliphatic carbocycles. The summed E-state index contributed by atoms with van der Waals surface area (Å²) in [6.07, 6.45) is 3.72. The first-order chi connectivity index (χ1) is 10.2. The van der Waals surface area contributed by atoms with Crippen LogP contribution in [0, 0.1) is 5.92 Å². The molecule has 0 saturated carbocycles. The highest BCUT2D eigenvalue weighted by atomic mass is 16.2. The third-order valence-electron chi connectivity index (χ3n) is 4.07. The molecule has 5 heteroatoms. The van der Waals surface area contributed by atoms with Crippen LogP contribution in [0.3, 0.4) is 0 Å². The van der Waals surface area contributed by atoms with Gasteiger partial charge in [-0.3, -0.25) is 14.7 Å². The lowest BCUT2D eigenvalue weighted by atomic mass is 10.0. The average Bonchev–Trinajstić information content (AvgIpc) is 2.54. The number of carbonyl (C=O) groups is 1. The number of aromatic nitrogens is 1. The van der Waals surface area contributed by atoms with Gasteiger partial charge >= 0.3 is 0 Å². The maximum Gasteiger partial charge on any atom is 0.227 e. The predicted octanol–water partition coefficient (Wildman–Crippen LogP) is 1.10. The van der Waals surface area contributed by atoms with Crippen LogP contribution in [0.2, 0.25) is 0 Å². The average molecular weight is 290 g/mol. The van der Waals surface area contributed by atoms with Crippen molar-refractivity contribution in [2.45, 2.75) is 26.3 Å². The van der Waals surface area contributed by atoms with Gasteiger partial charge in [0, 0.05) is 45.5 Å². The van der Waals surface area contributed by atoms with Gasteiger partial charge in [-0.05, 0) is 18.6 Å². The van der Waals surface area contributed by atoms with E-state index in [1.807, 2.05) is 29.3 Å². The number of rotatable bonds is 6. The van der Waals surface area contributed by atoms with Crippen LogP contribution < -0.4 is 5.73 Å². The fourth-order valence-electron chi connectivity index (χ4n) is 2.80. The summed E-state index contributed by atoms with van der Waals surface area (Å²) >= 11 is 0. The van der Waals surface area contributed by atoms with E-state index in [1.165, 1.54) is 0 Å². The van der Waals surface area contributed by atoms with Gasteiger partial charge < -0.3 is 10.6 Å². The van der Waals surface area contributed by atoms with Gasteiger partial charge in [0.15, 0.2) is 0 Å². The smallest absolute Gasteiger partial charge is 0.227 e. The Bertz CT molecular complexity index is 429. The lowest BCUT2D eigenvalue weighted by Gasteiger charge is -2.36. The van der Waals surface area contributed by atoms with Gasteiger partial charge in [-0.25, -0.2) is 0 Å². The Morgan fingerprint density at radius 3 is 2.67 bits per heavy atom. The number of amides is 1. The summed E-state index contributed by atoms with van der Waals surface area (Å²) in [7, 11) is 0. The lowest BCUT2D eigenvalue weighted by molar-refractivity contribution is -0.137. The van der Waals surface area contributed by atoms with Gasteiger partial charge in [-0.1, -0.05) is 19.4 Å². The highest BCUT2D eigenvalue weighted by molar-refractivity contribution is 5.79. The molecule has 1 aliphatic heterocycles. The SMILES string of the molecule is CCCC(CN)C(=O)N1CCN(Cc2ccccn2)CC1. The minimum atomic E-state index is -0.00246. The third kappa shape index (κ3) is 4.51. The predicted molar refractivity (Wildman–Crippen MR) is 83.5 cm³/mol. The quantitative estimate of drug-likeness (QED) is 0.852. The fraction of sp³-hybridized carbons (Fsp3) is 0.625. The zero-order chi connectivity index (χ0) is 15.1. The van der Waals surface area contributed by atoms with Crippen LogP contribution in [0.5, 0.6) is 0 Å². The van der Waals surface area contributed by atoms with Crippen molar-refractivity contribution >= 4 is 5.91 Å². The van der Waals surface area contributed by atoms with E-state index in [0.717, 1.165) is 51.3 Å². The molecule has 0 radical (unpaired) electrons. The molecular weight excluding hydrogens is 264 g/mol. The maximum atomic E-state index is 12.4. The summed E-state index contributed by atoms with van der Waals surface area (Å²) in [5.74, 6) is 0.231. The summed E-state index contributed by atoms with van der Waals surface area (Å²) in [5.41, 5.74) is 6.82. The molecule has 0 aromatic carbocycles. The summed E-state index contributed by atoms with van der Waals surface area (Å²) in [6.45, 7) is 6.83. The van der Waals surface area contributed by atoms with Gasteiger partial charge in [-0.2, -0.15) is 0 Å². The minimum absolute atomic E-state index is 0.00246. The van der Waals surface area contributed by atoms with Crippen LogP contribution in [0.1, 0.15) is 25.5 Å². The van der Waals surface area contributed by atoms with Crippen LogP contribution in [-0.2, 0) is 11.3 Å². The zero-order valence-corrected chi connectivity index (χ0v) is 12.9. The van der Waals surface area contributed by atoms with Crippen molar-refractivity contribution in [1.82, 2.24) is 14.8 Å². The monoisotopic (exact) mass is 290 g/mol. The Morgan fingerprint density at radius 1 is 1.33 bits per heavy atom. The van der Waals surface area contributed by atoms with E-state index in [0.29, 0.717) is 6.54 Å². The van der Waals surface area contributed by atoms with E-state index < -0.39 is 0 Å². The number of pyridine rings is 1. The number of piperazine rings is 1. The minimum Gasteiger partial charge on any atom is -0.340 e. The largest absolute Gasteiger partial charge is 0.340 e. The van der Waals surface area contributed by atoms with Gasteiger partial charge in [-0.15, -0.1) is 0 Å². The van der Waals surface area contributed by atoms with Crippen LogP contribution in [0.15, 0.2) is 24.4 Å². The molecule has 1 aromatic rings. The first-order valence-electron chi connectivity index (χ1n) is 7.85. The molecule has 0 spiro atoms. The van der Waals surface area contributed by atoms with E-state index in [2.05, 4.69) is 16.8 Å². The standard InChI is InChI=1S/C16H26N4O/c1-2-5-14(12-17)16(21)20-10-8-19(9-11-20)13-15-6-3-4-7-18-15/h3-4,6-7,14H,2,5,8-13,17H2,1H3. The van der Waals surface area contributed by atoms with Crippen LogP contribution in [0.25, 0.3) is 0 Å². The molecule has 2 N–H and O–H groups in total. The number of hydrogen-bond donors (Lipinski definition) is 1. The van der Waals surface area contributed by atoms with Crippen LogP contribution in [0.4, 0.5) is 0 Å². The first kappa shape index (κ1) is 15.9. The third-order valence-corrected chi connectivity index (χ3v) is 4.07. The fourth-order valence-corrected chi connectivity index (χ4v) is 2.80. The molecule has 2 heterocycles. The van der Waals surface area contributed by atoms with Crippen molar-refractivity contribution in [2.24, 2.45) is 11.7 Å². The second-order valence-electron chi connectivity index (χ2n) is 5.64. The van der Waals surface area contributed by atoms with Gasteiger partial charge in [0.05, 0.1) is 11.6 Å². The van der Waals surface area contributed by atoms with E-state index in [4.69, 9.17) is 5.73 Å². The highest BCUT2D eigenvalue weighted by Gasteiger charge is 2.26. The van der Waals surface area contributed by atoms with E-state index >= 15 is 0 Å². The number of hydrogen-bond acceptors (Lipinski definition) is 4. The Morgan fingerprint density at radius 2 is 2.10 bits per heavy atom. The highest BCUT2D eigenvalue weighted by Crippen LogP contribution is 2.13. The summed E-state index contributed by atoms with van der Waals surface area (Å²) in [6, 6.07) is 5.99. The van der Waals surface area contributed by atoms with Crippen molar-refractivity contribution in [3.05, 3.63) is 30.1 Å². The Hall–Kier alpha value is -1.46. The Labute approximate surface area is 127 Å². The molecule has 1 atom stereocenters. The summed E-state index contributed by atoms with van der Waals surface area (Å²) in [4.78, 5) is 21.1. The Kier molecular flexibility index (Phi) is 6.14. The van der Waals surface area contributed by atoms with E-state index in [-0.39, 0.29) is 11.8 Å². The molecule has 1 saturated heterocycles. The van der Waals surface area contributed by atoms with Crippen molar-refractivity contribution in [3.8, 4) is 0 Å². The van der Waals surface area contributed by atoms with Gasteiger partial charge in [0.25, 0.3) is 0 Å². The van der Waals surface area contributed by atoms with Gasteiger partial charge in [0.1, 0.15) is 0 Å². The topological polar surface area (TPSA) is 62.5 Å². The normalized spacial score (nSPS) is 17.7. The molecule has 1 fully saturated rings. The second-order valence-corrected chi connectivity index (χ2v) is 5.64. The molecule has 5 nitrogen and oxygen atoms in total. The number of nitrogens with two attached hydrogens (primary N) is 1. The lowest BCUT2D eigenvalue weighted by Crippen LogP contribution is -2.50. The Balaban J connectivity index is 1.81. The zero-order valence-electron chi connectivity index (χ0n) is 12.9. The summed E-state index contributed by atoms with van der Waals surface area (Å²) < 4.78 is 0. The molecular formula is C16H26N4O. The van der Waals surface area contributed by atoms with Crippen molar-refractivity contribution in [1.29, 1.82) is 0 Å².